The number of carbonyl (C=O) groups is 1. The van der Waals surface area contributed by atoms with Crippen LogP contribution < -0.4 is 15.0 Å². The van der Waals surface area contributed by atoms with E-state index < -0.39 is 0 Å². The number of rotatable bonds is 8. The maximum atomic E-state index is 13.1. The molecular weight excluding hydrogens is 442 g/mol. The topological polar surface area (TPSA) is 82.9 Å². The van der Waals surface area contributed by atoms with Gasteiger partial charge in [0.1, 0.15) is 6.61 Å². The number of thioether (sulfide) groups is 1. The number of aromatic nitrogens is 2. The highest BCUT2D eigenvalue weighted by molar-refractivity contribution is 7.99. The lowest BCUT2D eigenvalue weighted by atomic mass is 10.2. The molecule has 2 heterocycles. The first kappa shape index (κ1) is 23.1. The normalized spacial score (nSPS) is 15.9. The maximum absolute atomic E-state index is 13.1. The number of benzene rings is 2. The number of nitrogens with zero attached hydrogens (tertiary/aromatic N) is 3. The lowest BCUT2D eigenvalue weighted by Crippen LogP contribution is -2.42. The third kappa shape index (κ3) is 5.15. The molecule has 4 rings (SSSR count). The second-order valence-corrected chi connectivity index (χ2v) is 8.89. The van der Waals surface area contributed by atoms with E-state index in [2.05, 4.69) is 4.98 Å². The summed E-state index contributed by atoms with van der Waals surface area (Å²) in [6.45, 7) is 3.04. The first-order chi connectivity index (χ1) is 16.0. The molecule has 1 amide bonds. The van der Waals surface area contributed by atoms with Gasteiger partial charge in [-0.25, -0.2) is 4.98 Å². The first-order valence-corrected chi connectivity index (χ1v) is 11.7. The number of amides is 1. The molecule has 0 saturated heterocycles. The minimum atomic E-state index is -0.252. The van der Waals surface area contributed by atoms with Gasteiger partial charge in [-0.1, -0.05) is 36.0 Å². The number of para-hydroxylation sites is 3. The predicted octanol–water partition coefficient (Wildman–Crippen LogP) is 2.99. The van der Waals surface area contributed by atoms with Crippen molar-refractivity contribution in [2.75, 3.05) is 39.7 Å². The quantitative estimate of drug-likeness (QED) is 0.370. The van der Waals surface area contributed by atoms with Crippen molar-refractivity contribution >= 4 is 28.6 Å². The molecule has 1 aromatic heterocycles. The number of methoxy groups -OCH3 is 1. The minimum absolute atomic E-state index is 0.0872. The van der Waals surface area contributed by atoms with Crippen LogP contribution in [0.3, 0.4) is 0 Å². The first-order valence-electron chi connectivity index (χ1n) is 10.7. The minimum Gasteiger partial charge on any atom is -0.486 e. The molecular formula is C24H27N3O5S. The molecule has 9 heteroatoms. The van der Waals surface area contributed by atoms with Crippen molar-refractivity contribution in [3.05, 3.63) is 58.9 Å². The summed E-state index contributed by atoms with van der Waals surface area (Å²) < 4.78 is 18.6. The fraction of sp³-hybridized carbons (Fsp3) is 0.375. The fourth-order valence-electron chi connectivity index (χ4n) is 3.73. The van der Waals surface area contributed by atoms with Gasteiger partial charge in [-0.05, 0) is 31.2 Å². The van der Waals surface area contributed by atoms with E-state index in [9.17, 15) is 9.59 Å². The average Bonchev–Trinajstić information content (AvgIpc) is 2.82. The van der Waals surface area contributed by atoms with Crippen molar-refractivity contribution in [2.45, 2.75) is 24.2 Å². The van der Waals surface area contributed by atoms with E-state index in [0.29, 0.717) is 47.3 Å². The Morgan fingerprint density at radius 2 is 1.97 bits per heavy atom. The van der Waals surface area contributed by atoms with Gasteiger partial charge in [0.05, 0.1) is 35.8 Å². The van der Waals surface area contributed by atoms with Crippen molar-refractivity contribution in [1.29, 1.82) is 0 Å². The van der Waals surface area contributed by atoms with Crippen LogP contribution in [0.4, 0.5) is 0 Å². The number of likely N-dealkylation sites (N-methyl/N-ethyl adjacent to an activating group) is 1. The van der Waals surface area contributed by atoms with Gasteiger partial charge in [-0.15, -0.1) is 0 Å². The second kappa shape index (κ2) is 10.3. The average molecular weight is 470 g/mol. The molecule has 1 aliphatic heterocycles. The zero-order valence-electron chi connectivity index (χ0n) is 18.9. The molecule has 174 valence electrons. The van der Waals surface area contributed by atoms with Crippen LogP contribution in [-0.2, 0) is 9.53 Å². The van der Waals surface area contributed by atoms with E-state index in [0.717, 1.165) is 0 Å². The maximum Gasteiger partial charge on any atom is 0.262 e. The van der Waals surface area contributed by atoms with Crippen molar-refractivity contribution in [1.82, 2.24) is 14.5 Å². The van der Waals surface area contributed by atoms with Crippen LogP contribution in [0.1, 0.15) is 13.0 Å². The van der Waals surface area contributed by atoms with Crippen LogP contribution >= 0.6 is 11.8 Å². The molecule has 0 unspecified atom stereocenters. The molecule has 0 spiro atoms. The summed E-state index contributed by atoms with van der Waals surface area (Å²) >= 11 is 1.25. The fourth-order valence-corrected chi connectivity index (χ4v) is 4.77. The Morgan fingerprint density at radius 1 is 1.24 bits per heavy atom. The summed E-state index contributed by atoms with van der Waals surface area (Å²) in [5, 5.41) is 1.04. The Morgan fingerprint density at radius 3 is 2.76 bits per heavy atom. The van der Waals surface area contributed by atoms with Crippen molar-refractivity contribution < 1.29 is 19.0 Å². The number of ether oxygens (including phenoxy) is 3. The highest BCUT2D eigenvalue weighted by Crippen LogP contribution is 2.31. The zero-order chi connectivity index (χ0) is 23.4. The van der Waals surface area contributed by atoms with E-state index in [1.165, 1.54) is 11.8 Å². The number of carbonyl (C=O) groups excluding carboxylic acids is 1. The smallest absolute Gasteiger partial charge is 0.262 e. The number of fused-ring (bicyclic) bond motifs is 2. The number of hydrogen-bond donors (Lipinski definition) is 0. The number of hydrogen-bond acceptors (Lipinski definition) is 7. The molecule has 0 N–H and O–H groups in total. The van der Waals surface area contributed by atoms with E-state index in [1.807, 2.05) is 43.3 Å². The Balaban J connectivity index is 1.45. The summed E-state index contributed by atoms with van der Waals surface area (Å²) in [6.07, 6.45) is -0.252. The van der Waals surface area contributed by atoms with Crippen molar-refractivity contribution in [3.8, 4) is 11.5 Å². The van der Waals surface area contributed by atoms with Gasteiger partial charge < -0.3 is 19.1 Å². The highest BCUT2D eigenvalue weighted by Gasteiger charge is 2.24. The third-order valence-corrected chi connectivity index (χ3v) is 6.36. The highest BCUT2D eigenvalue weighted by atomic mass is 32.2. The summed E-state index contributed by atoms with van der Waals surface area (Å²) in [4.78, 5) is 32.3. The Bertz CT molecular complexity index is 1200. The van der Waals surface area contributed by atoms with Crippen molar-refractivity contribution in [2.24, 2.45) is 0 Å². The molecule has 2 atom stereocenters. The van der Waals surface area contributed by atoms with Crippen LogP contribution in [0.2, 0.25) is 0 Å². The lowest BCUT2D eigenvalue weighted by Gasteiger charge is -2.29. The van der Waals surface area contributed by atoms with Crippen LogP contribution in [0.25, 0.3) is 10.9 Å². The van der Waals surface area contributed by atoms with Gasteiger partial charge in [0.25, 0.3) is 5.56 Å². The molecule has 0 aliphatic carbocycles. The summed E-state index contributed by atoms with van der Waals surface area (Å²) in [6, 6.07) is 14.5. The standard InChI is InChI=1S/C24H27N3O5S/c1-16(13-30-3)27-23(29)18-8-4-5-9-19(18)25-24(27)33-15-22(28)26(2)12-17-14-31-20-10-6-7-11-21(20)32-17/h4-11,16-17H,12-15H2,1-3H3/t16-,17+/m1/s1. The van der Waals surface area contributed by atoms with Crippen LogP contribution in [0, 0.1) is 0 Å². The van der Waals surface area contributed by atoms with E-state index >= 15 is 0 Å². The summed E-state index contributed by atoms with van der Waals surface area (Å²) in [7, 11) is 3.33. The molecule has 0 bridgehead atoms. The Labute approximate surface area is 196 Å². The lowest BCUT2D eigenvalue weighted by molar-refractivity contribution is -0.128. The SMILES string of the molecule is COC[C@@H](C)n1c(SCC(=O)N(C)C[C@H]2COc3ccccc3O2)nc2ccccc2c1=O. The van der Waals surface area contributed by atoms with Crippen LogP contribution in [0.5, 0.6) is 11.5 Å². The molecule has 0 fully saturated rings. The monoisotopic (exact) mass is 469 g/mol. The van der Waals surface area contributed by atoms with Gasteiger partial charge in [-0.3, -0.25) is 14.2 Å². The van der Waals surface area contributed by atoms with Crippen molar-refractivity contribution in [3.63, 3.8) is 0 Å². The van der Waals surface area contributed by atoms with Gasteiger partial charge in [0, 0.05) is 14.2 Å². The van der Waals surface area contributed by atoms with Gasteiger partial charge in [-0.2, -0.15) is 0 Å². The van der Waals surface area contributed by atoms with Gasteiger partial charge in [0.2, 0.25) is 5.91 Å². The molecule has 33 heavy (non-hydrogen) atoms. The largest absolute Gasteiger partial charge is 0.486 e. The van der Waals surface area contributed by atoms with E-state index in [-0.39, 0.29) is 29.4 Å². The summed E-state index contributed by atoms with van der Waals surface area (Å²) in [5.41, 5.74) is 0.470. The van der Waals surface area contributed by atoms with Gasteiger partial charge >= 0.3 is 0 Å². The predicted molar refractivity (Wildman–Crippen MR) is 127 cm³/mol. The third-order valence-electron chi connectivity index (χ3n) is 5.42. The molecule has 2 aromatic carbocycles. The van der Waals surface area contributed by atoms with E-state index in [4.69, 9.17) is 14.2 Å². The Kier molecular flexibility index (Phi) is 7.20. The molecule has 1 aliphatic rings. The zero-order valence-corrected chi connectivity index (χ0v) is 19.7. The summed E-state index contributed by atoms with van der Waals surface area (Å²) in [5.74, 6) is 1.45. The van der Waals surface area contributed by atoms with Gasteiger partial charge in [0.15, 0.2) is 22.8 Å². The molecule has 0 saturated carbocycles. The molecule has 8 nitrogen and oxygen atoms in total. The molecule has 3 aromatic rings. The van der Waals surface area contributed by atoms with Crippen LogP contribution in [-0.4, -0.2) is 66.1 Å². The van der Waals surface area contributed by atoms with E-state index in [1.54, 1.807) is 35.8 Å². The van der Waals surface area contributed by atoms with Crippen LogP contribution in [0.15, 0.2) is 58.5 Å². The second-order valence-electron chi connectivity index (χ2n) is 7.95. The molecule has 0 radical (unpaired) electrons. The Hall–Kier alpha value is -3.04.